The van der Waals surface area contributed by atoms with E-state index in [9.17, 15) is 0 Å². The van der Waals surface area contributed by atoms with Gasteiger partial charge in [-0.2, -0.15) is 5.10 Å². The molecule has 1 saturated heterocycles. The molecule has 0 amide bonds. The summed E-state index contributed by atoms with van der Waals surface area (Å²) in [5.41, 5.74) is 1.18. The van der Waals surface area contributed by atoms with E-state index in [-0.39, 0.29) is 6.10 Å². The summed E-state index contributed by atoms with van der Waals surface area (Å²) < 4.78 is 7.59. The van der Waals surface area contributed by atoms with Gasteiger partial charge in [0.25, 0.3) is 0 Å². The lowest BCUT2D eigenvalue weighted by molar-refractivity contribution is -0.0402. The van der Waals surface area contributed by atoms with Crippen LogP contribution in [0.5, 0.6) is 0 Å². The van der Waals surface area contributed by atoms with E-state index in [1.54, 1.807) is 0 Å². The number of morpholine rings is 1. The SMILES string of the molecule is CC(C)N1CCO[C@@H](c2cnn(C)c2)C1. The van der Waals surface area contributed by atoms with E-state index >= 15 is 0 Å². The normalized spacial score (nSPS) is 23.6. The molecule has 0 unspecified atom stereocenters. The van der Waals surface area contributed by atoms with E-state index in [1.807, 2.05) is 24.1 Å². The second-order valence-electron chi connectivity index (χ2n) is 4.40. The molecule has 4 heteroatoms. The van der Waals surface area contributed by atoms with Gasteiger partial charge in [0, 0.05) is 37.9 Å². The van der Waals surface area contributed by atoms with Crippen LogP contribution < -0.4 is 0 Å². The first kappa shape index (κ1) is 10.6. The van der Waals surface area contributed by atoms with Crippen LogP contribution in [0.25, 0.3) is 0 Å². The summed E-state index contributed by atoms with van der Waals surface area (Å²) >= 11 is 0. The molecule has 0 radical (unpaired) electrons. The van der Waals surface area contributed by atoms with Crippen molar-refractivity contribution in [2.45, 2.75) is 26.0 Å². The van der Waals surface area contributed by atoms with Gasteiger partial charge in [0.1, 0.15) is 0 Å². The summed E-state index contributed by atoms with van der Waals surface area (Å²) in [5.74, 6) is 0. The lowest BCUT2D eigenvalue weighted by Gasteiger charge is -2.35. The van der Waals surface area contributed by atoms with Crippen LogP contribution >= 0.6 is 0 Å². The smallest absolute Gasteiger partial charge is 0.0982 e. The Labute approximate surface area is 90.8 Å². The van der Waals surface area contributed by atoms with Crippen molar-refractivity contribution in [1.29, 1.82) is 0 Å². The summed E-state index contributed by atoms with van der Waals surface area (Å²) in [7, 11) is 1.94. The van der Waals surface area contributed by atoms with Gasteiger partial charge in [-0.15, -0.1) is 0 Å². The standard InChI is InChI=1S/C11H19N3O/c1-9(2)14-4-5-15-11(8-14)10-6-12-13(3)7-10/h6-7,9,11H,4-5,8H2,1-3H3/t11-/m1/s1. The van der Waals surface area contributed by atoms with Crippen LogP contribution in [0.3, 0.4) is 0 Å². The first-order valence-corrected chi connectivity index (χ1v) is 5.51. The Bertz CT molecular complexity index is 321. The molecule has 1 aromatic rings. The van der Waals surface area contributed by atoms with Gasteiger partial charge in [0.2, 0.25) is 0 Å². The zero-order valence-electron chi connectivity index (χ0n) is 9.68. The molecule has 2 heterocycles. The highest BCUT2D eigenvalue weighted by Gasteiger charge is 2.24. The van der Waals surface area contributed by atoms with E-state index in [2.05, 4.69) is 23.8 Å². The van der Waals surface area contributed by atoms with Gasteiger partial charge >= 0.3 is 0 Å². The summed E-state index contributed by atoms with van der Waals surface area (Å²) in [6.07, 6.45) is 4.12. The first-order valence-electron chi connectivity index (χ1n) is 5.51. The molecule has 1 aromatic heterocycles. The monoisotopic (exact) mass is 209 g/mol. The molecule has 0 aliphatic carbocycles. The fraction of sp³-hybridized carbons (Fsp3) is 0.727. The Balaban J connectivity index is 2.04. The van der Waals surface area contributed by atoms with Crippen LogP contribution in [0, 0.1) is 0 Å². The maximum atomic E-state index is 5.76. The predicted octanol–water partition coefficient (Wildman–Crippen LogP) is 1.20. The van der Waals surface area contributed by atoms with Crippen molar-refractivity contribution in [1.82, 2.24) is 14.7 Å². The molecule has 2 rings (SSSR count). The molecule has 1 atom stereocenters. The van der Waals surface area contributed by atoms with Crippen LogP contribution in [0.1, 0.15) is 25.5 Å². The Morgan fingerprint density at radius 3 is 2.93 bits per heavy atom. The minimum Gasteiger partial charge on any atom is -0.371 e. The Hall–Kier alpha value is -0.870. The molecule has 0 bridgehead atoms. The largest absolute Gasteiger partial charge is 0.371 e. The summed E-state index contributed by atoms with van der Waals surface area (Å²) in [6, 6.07) is 0.591. The molecule has 0 saturated carbocycles. The Morgan fingerprint density at radius 1 is 1.53 bits per heavy atom. The van der Waals surface area contributed by atoms with Crippen LogP contribution in [0.2, 0.25) is 0 Å². The molecule has 1 fully saturated rings. The fourth-order valence-corrected chi connectivity index (χ4v) is 1.95. The van der Waals surface area contributed by atoms with Crippen LogP contribution in [-0.4, -0.2) is 40.4 Å². The minimum absolute atomic E-state index is 0.190. The highest BCUT2D eigenvalue weighted by molar-refractivity contribution is 5.09. The Kier molecular flexibility index (Phi) is 3.07. The maximum Gasteiger partial charge on any atom is 0.0982 e. The van der Waals surface area contributed by atoms with Crippen molar-refractivity contribution in [3.8, 4) is 0 Å². The van der Waals surface area contributed by atoms with Gasteiger partial charge < -0.3 is 4.74 Å². The fourth-order valence-electron chi connectivity index (χ4n) is 1.95. The highest BCUT2D eigenvalue weighted by Crippen LogP contribution is 2.22. The predicted molar refractivity (Wildman–Crippen MR) is 58.6 cm³/mol. The van der Waals surface area contributed by atoms with Crippen LogP contribution in [-0.2, 0) is 11.8 Å². The highest BCUT2D eigenvalue weighted by atomic mass is 16.5. The zero-order valence-corrected chi connectivity index (χ0v) is 9.68. The topological polar surface area (TPSA) is 30.3 Å². The number of aromatic nitrogens is 2. The van der Waals surface area contributed by atoms with Gasteiger partial charge in [-0.1, -0.05) is 0 Å². The number of nitrogens with zero attached hydrogens (tertiary/aromatic N) is 3. The van der Waals surface area contributed by atoms with Gasteiger partial charge in [0.15, 0.2) is 0 Å². The van der Waals surface area contributed by atoms with E-state index in [0.717, 1.165) is 19.7 Å². The van der Waals surface area contributed by atoms with Crippen molar-refractivity contribution in [3.05, 3.63) is 18.0 Å². The number of hydrogen-bond donors (Lipinski definition) is 0. The Morgan fingerprint density at radius 2 is 2.33 bits per heavy atom. The number of aryl methyl sites for hydroxylation is 1. The molecule has 4 nitrogen and oxygen atoms in total. The lowest BCUT2D eigenvalue weighted by Crippen LogP contribution is -2.42. The van der Waals surface area contributed by atoms with E-state index < -0.39 is 0 Å². The number of rotatable bonds is 2. The number of ether oxygens (including phenoxy) is 1. The summed E-state index contributed by atoms with van der Waals surface area (Å²) in [4.78, 5) is 2.45. The zero-order chi connectivity index (χ0) is 10.8. The van der Waals surface area contributed by atoms with E-state index in [4.69, 9.17) is 4.74 Å². The van der Waals surface area contributed by atoms with Gasteiger partial charge in [0.05, 0.1) is 18.9 Å². The second kappa shape index (κ2) is 4.33. The molecule has 0 N–H and O–H groups in total. The summed E-state index contributed by atoms with van der Waals surface area (Å²) in [5, 5.41) is 4.18. The van der Waals surface area contributed by atoms with E-state index in [1.165, 1.54) is 5.56 Å². The lowest BCUT2D eigenvalue weighted by atomic mass is 10.1. The molecular formula is C11H19N3O. The number of hydrogen-bond acceptors (Lipinski definition) is 3. The van der Waals surface area contributed by atoms with Gasteiger partial charge in [-0.3, -0.25) is 9.58 Å². The third-order valence-electron chi connectivity index (χ3n) is 2.92. The molecule has 0 aromatic carbocycles. The van der Waals surface area contributed by atoms with Crippen molar-refractivity contribution >= 4 is 0 Å². The molecule has 1 aliphatic rings. The minimum atomic E-state index is 0.190. The van der Waals surface area contributed by atoms with Crippen LogP contribution in [0.15, 0.2) is 12.4 Å². The van der Waals surface area contributed by atoms with Crippen molar-refractivity contribution < 1.29 is 4.74 Å². The molecule has 0 spiro atoms. The average molecular weight is 209 g/mol. The third kappa shape index (κ3) is 2.38. The molecular weight excluding hydrogens is 190 g/mol. The third-order valence-corrected chi connectivity index (χ3v) is 2.92. The van der Waals surface area contributed by atoms with Gasteiger partial charge in [-0.05, 0) is 13.8 Å². The quantitative estimate of drug-likeness (QED) is 0.733. The van der Waals surface area contributed by atoms with E-state index in [0.29, 0.717) is 6.04 Å². The second-order valence-corrected chi connectivity index (χ2v) is 4.40. The molecule has 15 heavy (non-hydrogen) atoms. The van der Waals surface area contributed by atoms with Crippen molar-refractivity contribution in [2.75, 3.05) is 19.7 Å². The van der Waals surface area contributed by atoms with Gasteiger partial charge in [-0.25, -0.2) is 0 Å². The van der Waals surface area contributed by atoms with Crippen molar-refractivity contribution in [3.63, 3.8) is 0 Å². The summed E-state index contributed by atoms with van der Waals surface area (Å²) in [6.45, 7) is 7.28. The average Bonchev–Trinajstić information content (AvgIpc) is 2.65. The molecule has 1 aliphatic heterocycles. The maximum absolute atomic E-state index is 5.76. The molecule has 84 valence electrons. The first-order chi connectivity index (χ1) is 7.16. The van der Waals surface area contributed by atoms with Crippen LogP contribution in [0.4, 0.5) is 0 Å². The van der Waals surface area contributed by atoms with Crippen molar-refractivity contribution in [2.24, 2.45) is 7.05 Å².